The second kappa shape index (κ2) is 4.31. The molecule has 0 radical (unpaired) electrons. The van der Waals surface area contributed by atoms with Gasteiger partial charge in [-0.2, -0.15) is 5.26 Å². The van der Waals surface area contributed by atoms with Gasteiger partial charge in [-0.1, -0.05) is 0 Å². The molecule has 0 aromatic rings. The molecule has 0 N–H and O–H groups in total. The molecule has 5 heteroatoms. The maximum atomic E-state index is 11.0. The van der Waals surface area contributed by atoms with Gasteiger partial charge in [-0.15, -0.1) is 0 Å². The van der Waals surface area contributed by atoms with Crippen LogP contribution in [0.15, 0.2) is 0 Å². The molecule has 0 aliphatic carbocycles. The smallest absolute Gasteiger partial charge is 0.212 e. The summed E-state index contributed by atoms with van der Waals surface area (Å²) in [6, 6.07) is 1.89. The van der Waals surface area contributed by atoms with Gasteiger partial charge in [0, 0.05) is 20.0 Å². The standard InChI is InChI=1S/C6H12N2O2S/c1-3-11(9,10)8(2)6-4-5-7/h3-4,6H2,1-2H3. The van der Waals surface area contributed by atoms with Crippen molar-refractivity contribution in [3.63, 3.8) is 0 Å². The Bertz CT molecular complexity index is 240. The minimum atomic E-state index is -3.09. The van der Waals surface area contributed by atoms with Crippen LogP contribution in [0.5, 0.6) is 0 Å². The van der Waals surface area contributed by atoms with Crippen molar-refractivity contribution in [3.8, 4) is 6.07 Å². The Labute approximate surface area is 67.5 Å². The van der Waals surface area contributed by atoms with Crippen molar-refractivity contribution in [3.05, 3.63) is 0 Å². The highest BCUT2D eigenvalue weighted by Crippen LogP contribution is 1.97. The molecule has 0 heterocycles. The molecule has 0 atom stereocenters. The van der Waals surface area contributed by atoms with Crippen LogP contribution in [-0.2, 0) is 10.0 Å². The predicted molar refractivity (Wildman–Crippen MR) is 42.3 cm³/mol. The van der Waals surface area contributed by atoms with Crippen LogP contribution >= 0.6 is 0 Å². The summed E-state index contributed by atoms with van der Waals surface area (Å²) >= 11 is 0. The first-order valence-corrected chi connectivity index (χ1v) is 4.96. The molecule has 0 aromatic heterocycles. The van der Waals surface area contributed by atoms with Crippen molar-refractivity contribution >= 4 is 10.0 Å². The summed E-state index contributed by atoms with van der Waals surface area (Å²) < 4.78 is 23.2. The van der Waals surface area contributed by atoms with Gasteiger partial charge in [0.25, 0.3) is 0 Å². The molecule has 4 nitrogen and oxygen atoms in total. The number of sulfonamides is 1. The van der Waals surface area contributed by atoms with Gasteiger partial charge in [-0.25, -0.2) is 12.7 Å². The summed E-state index contributed by atoms with van der Waals surface area (Å²) in [5.41, 5.74) is 0. The van der Waals surface area contributed by atoms with Gasteiger partial charge < -0.3 is 0 Å². The van der Waals surface area contributed by atoms with Crippen molar-refractivity contribution in [1.29, 1.82) is 5.26 Å². The van der Waals surface area contributed by atoms with Gasteiger partial charge in [0.1, 0.15) is 0 Å². The molecule has 0 saturated heterocycles. The lowest BCUT2D eigenvalue weighted by molar-refractivity contribution is 0.477. The number of hydrogen-bond donors (Lipinski definition) is 0. The lowest BCUT2D eigenvalue weighted by Gasteiger charge is -2.13. The Hall–Kier alpha value is -0.600. The fourth-order valence-corrected chi connectivity index (χ4v) is 1.38. The maximum Gasteiger partial charge on any atom is 0.213 e. The average Bonchev–Trinajstić information content (AvgIpc) is 2.00. The molecular formula is C6H12N2O2S. The van der Waals surface area contributed by atoms with Gasteiger partial charge in [0.05, 0.1) is 11.8 Å². The molecule has 0 fully saturated rings. The Balaban J connectivity index is 4.05. The molecule has 0 bridgehead atoms. The predicted octanol–water partition coefficient (Wildman–Crippen LogP) is 0.182. The van der Waals surface area contributed by atoms with E-state index in [-0.39, 0.29) is 18.7 Å². The first-order valence-electron chi connectivity index (χ1n) is 3.35. The van der Waals surface area contributed by atoms with E-state index in [4.69, 9.17) is 5.26 Å². The van der Waals surface area contributed by atoms with Gasteiger partial charge in [0.15, 0.2) is 0 Å². The van der Waals surface area contributed by atoms with E-state index in [9.17, 15) is 8.42 Å². The normalized spacial score (nSPS) is 11.5. The fraction of sp³-hybridized carbons (Fsp3) is 0.833. The van der Waals surface area contributed by atoms with Gasteiger partial charge in [-0.3, -0.25) is 0 Å². The Morgan fingerprint density at radius 2 is 2.09 bits per heavy atom. The van der Waals surface area contributed by atoms with Gasteiger partial charge in [-0.05, 0) is 6.92 Å². The fourth-order valence-electron chi connectivity index (χ4n) is 0.567. The number of rotatable bonds is 4. The summed E-state index contributed by atoms with van der Waals surface area (Å²) in [4.78, 5) is 0. The zero-order valence-electron chi connectivity index (χ0n) is 6.74. The van der Waals surface area contributed by atoms with E-state index in [0.29, 0.717) is 0 Å². The lowest BCUT2D eigenvalue weighted by Crippen LogP contribution is -2.29. The van der Waals surface area contributed by atoms with Crippen LogP contribution in [0.2, 0.25) is 0 Å². The molecule has 0 aliphatic rings. The van der Waals surface area contributed by atoms with Crippen molar-refractivity contribution in [2.24, 2.45) is 0 Å². The topological polar surface area (TPSA) is 61.2 Å². The van der Waals surface area contributed by atoms with Crippen LogP contribution in [0.4, 0.5) is 0 Å². The van der Waals surface area contributed by atoms with E-state index >= 15 is 0 Å². The van der Waals surface area contributed by atoms with Crippen molar-refractivity contribution < 1.29 is 8.42 Å². The van der Waals surface area contributed by atoms with Crippen LogP contribution < -0.4 is 0 Å². The lowest BCUT2D eigenvalue weighted by atomic mass is 10.5. The summed E-state index contributed by atoms with van der Waals surface area (Å²) in [5, 5.41) is 8.18. The van der Waals surface area contributed by atoms with Crippen LogP contribution in [-0.4, -0.2) is 32.1 Å². The molecule has 0 aliphatic heterocycles. The van der Waals surface area contributed by atoms with E-state index in [0.717, 1.165) is 0 Å². The molecule has 64 valence electrons. The third kappa shape index (κ3) is 3.35. The molecule has 0 amide bonds. The van der Waals surface area contributed by atoms with Crippen LogP contribution in [0.25, 0.3) is 0 Å². The minimum absolute atomic E-state index is 0.0922. The van der Waals surface area contributed by atoms with Crippen LogP contribution in [0, 0.1) is 11.3 Å². The minimum Gasteiger partial charge on any atom is -0.212 e. The monoisotopic (exact) mass is 176 g/mol. The zero-order valence-corrected chi connectivity index (χ0v) is 7.56. The highest BCUT2D eigenvalue weighted by atomic mass is 32.2. The summed E-state index contributed by atoms with van der Waals surface area (Å²) in [7, 11) is -1.61. The molecule has 0 aromatic carbocycles. The van der Waals surface area contributed by atoms with E-state index in [1.54, 1.807) is 6.92 Å². The van der Waals surface area contributed by atoms with Crippen LogP contribution in [0.3, 0.4) is 0 Å². The average molecular weight is 176 g/mol. The van der Waals surface area contributed by atoms with Crippen molar-refractivity contribution in [2.75, 3.05) is 19.3 Å². The second-order valence-corrected chi connectivity index (χ2v) is 4.49. The van der Waals surface area contributed by atoms with Crippen molar-refractivity contribution in [1.82, 2.24) is 4.31 Å². The summed E-state index contributed by atoms with van der Waals surface area (Å²) in [6.45, 7) is 1.87. The molecule has 0 rings (SSSR count). The Morgan fingerprint density at radius 3 is 2.45 bits per heavy atom. The molecule has 0 unspecified atom stereocenters. The number of hydrogen-bond acceptors (Lipinski definition) is 3. The van der Waals surface area contributed by atoms with Gasteiger partial charge >= 0.3 is 0 Å². The highest BCUT2D eigenvalue weighted by Gasteiger charge is 2.13. The molecule has 11 heavy (non-hydrogen) atoms. The van der Waals surface area contributed by atoms with Crippen LogP contribution in [0.1, 0.15) is 13.3 Å². The highest BCUT2D eigenvalue weighted by molar-refractivity contribution is 7.89. The quantitative estimate of drug-likeness (QED) is 0.614. The van der Waals surface area contributed by atoms with E-state index in [1.165, 1.54) is 11.4 Å². The Morgan fingerprint density at radius 1 is 1.55 bits per heavy atom. The Kier molecular flexibility index (Phi) is 4.08. The first kappa shape index (κ1) is 10.4. The SMILES string of the molecule is CCS(=O)(=O)N(C)CCC#N. The third-order valence-corrected chi connectivity index (χ3v) is 3.24. The van der Waals surface area contributed by atoms with E-state index in [2.05, 4.69) is 0 Å². The summed E-state index contributed by atoms with van der Waals surface area (Å²) in [5.74, 6) is 0.0922. The zero-order chi connectivity index (χ0) is 8.91. The number of nitrogens with zero attached hydrogens (tertiary/aromatic N) is 2. The first-order chi connectivity index (χ1) is 5.04. The van der Waals surface area contributed by atoms with E-state index in [1.807, 2.05) is 6.07 Å². The largest absolute Gasteiger partial charge is 0.213 e. The second-order valence-electron chi connectivity index (χ2n) is 2.13. The molecule has 0 spiro atoms. The van der Waals surface area contributed by atoms with E-state index < -0.39 is 10.0 Å². The third-order valence-electron chi connectivity index (χ3n) is 1.38. The van der Waals surface area contributed by atoms with Crippen molar-refractivity contribution in [2.45, 2.75) is 13.3 Å². The maximum absolute atomic E-state index is 11.0. The van der Waals surface area contributed by atoms with Gasteiger partial charge in [0.2, 0.25) is 10.0 Å². The summed E-state index contributed by atoms with van der Waals surface area (Å²) in [6.07, 6.45) is 0.246. The molecule has 0 saturated carbocycles. The molecular weight excluding hydrogens is 164 g/mol. The number of nitriles is 1.